The molecule has 0 radical (unpaired) electrons. The predicted octanol–water partition coefficient (Wildman–Crippen LogP) is 7.63. The molecule has 160 valence electrons. The van der Waals surface area contributed by atoms with Crippen LogP contribution in [0.3, 0.4) is 0 Å². The van der Waals surface area contributed by atoms with Crippen molar-refractivity contribution in [3.05, 3.63) is 76.4 Å². The van der Waals surface area contributed by atoms with Crippen molar-refractivity contribution >= 4 is 6.08 Å². The van der Waals surface area contributed by atoms with Gasteiger partial charge in [0.15, 0.2) is 0 Å². The Labute approximate surface area is 182 Å². The Kier molecular flexibility index (Phi) is 7.42. The van der Waals surface area contributed by atoms with Crippen molar-refractivity contribution in [2.45, 2.75) is 78.2 Å². The Balaban J connectivity index is 1.92. The minimum absolute atomic E-state index is 0.340. The van der Waals surface area contributed by atoms with E-state index < -0.39 is 0 Å². The molecule has 0 aliphatic carbocycles. The normalized spacial score (nSPS) is 17.3. The number of ether oxygens (including phenoxy) is 1. The number of fused-ring (bicyclic) bond motifs is 1. The summed E-state index contributed by atoms with van der Waals surface area (Å²) in [6.07, 6.45) is 13.6. The molecule has 0 spiro atoms. The number of allylic oxidation sites excluding steroid dienone is 2. The van der Waals surface area contributed by atoms with Gasteiger partial charge in [-0.3, -0.25) is 0 Å². The van der Waals surface area contributed by atoms with Gasteiger partial charge in [-0.05, 0) is 75.8 Å². The number of hydrogen-bond donors (Lipinski definition) is 1. The molecule has 1 heterocycles. The maximum absolute atomic E-state index is 11.2. The van der Waals surface area contributed by atoms with E-state index in [2.05, 4.69) is 76.3 Å². The minimum Gasteiger partial charge on any atom is -0.507 e. The summed E-state index contributed by atoms with van der Waals surface area (Å²) in [5.41, 5.74) is 5.28. The first-order valence-electron chi connectivity index (χ1n) is 11.3. The van der Waals surface area contributed by atoms with E-state index in [4.69, 9.17) is 4.74 Å². The highest BCUT2D eigenvalue weighted by atomic mass is 16.5. The third-order valence-corrected chi connectivity index (χ3v) is 5.91. The van der Waals surface area contributed by atoms with Crippen molar-refractivity contribution in [2.75, 3.05) is 0 Å². The Morgan fingerprint density at radius 3 is 2.60 bits per heavy atom. The zero-order chi connectivity index (χ0) is 21.6. The molecule has 1 aliphatic rings. The lowest BCUT2D eigenvalue weighted by atomic mass is 9.89. The van der Waals surface area contributed by atoms with Crippen molar-refractivity contribution in [1.29, 1.82) is 0 Å². The highest BCUT2D eigenvalue weighted by molar-refractivity contribution is 5.70. The maximum atomic E-state index is 11.2. The van der Waals surface area contributed by atoms with Gasteiger partial charge in [0.1, 0.15) is 17.1 Å². The zero-order valence-corrected chi connectivity index (χ0v) is 19.0. The molecular weight excluding hydrogens is 368 g/mol. The van der Waals surface area contributed by atoms with Crippen LogP contribution in [0.1, 0.15) is 82.1 Å². The average Bonchev–Trinajstić information content (AvgIpc) is 2.71. The van der Waals surface area contributed by atoms with Crippen LogP contribution in [0.5, 0.6) is 11.5 Å². The molecule has 1 aliphatic heterocycles. The molecule has 2 aromatic carbocycles. The van der Waals surface area contributed by atoms with Crippen LogP contribution in [0.2, 0.25) is 0 Å². The van der Waals surface area contributed by atoms with Crippen molar-refractivity contribution < 1.29 is 9.84 Å². The lowest BCUT2D eigenvalue weighted by Crippen LogP contribution is -2.31. The van der Waals surface area contributed by atoms with Crippen LogP contribution in [-0.2, 0) is 12.8 Å². The first kappa shape index (κ1) is 22.2. The first-order chi connectivity index (χ1) is 14.4. The Bertz CT molecular complexity index is 904. The number of aromatic hydroxyl groups is 1. The van der Waals surface area contributed by atoms with E-state index >= 15 is 0 Å². The van der Waals surface area contributed by atoms with E-state index in [1.165, 1.54) is 29.5 Å². The molecule has 30 heavy (non-hydrogen) atoms. The zero-order valence-electron chi connectivity index (χ0n) is 19.0. The summed E-state index contributed by atoms with van der Waals surface area (Å²) in [5, 5.41) is 11.2. The summed E-state index contributed by atoms with van der Waals surface area (Å²) in [6, 6.07) is 12.6. The fraction of sp³-hybridized carbons (Fsp3) is 0.429. The van der Waals surface area contributed by atoms with E-state index in [1.807, 2.05) is 6.07 Å². The topological polar surface area (TPSA) is 29.5 Å². The molecule has 1 atom stereocenters. The lowest BCUT2D eigenvalue weighted by molar-refractivity contribution is 0.128. The summed E-state index contributed by atoms with van der Waals surface area (Å²) in [5.74, 6) is 1.20. The van der Waals surface area contributed by atoms with E-state index in [0.717, 1.165) is 49.0 Å². The number of aryl methyl sites for hydroxylation is 1. The standard InChI is InChI=1S/C28H36O2/c1-5-6-8-15-23-20-26-24(16-18-28(4,30-26)17-11-12-21(2)3)27(29)25(23)19-22-13-9-7-10-14-22/h7,9-10,12-14,16,18,20,29H,5-6,8,11,15,17,19H2,1-4H3. The molecule has 0 saturated carbocycles. The lowest BCUT2D eigenvalue weighted by Gasteiger charge is -2.33. The second-order valence-corrected chi connectivity index (χ2v) is 8.96. The Morgan fingerprint density at radius 2 is 1.90 bits per heavy atom. The van der Waals surface area contributed by atoms with Crippen LogP contribution in [-0.4, -0.2) is 10.7 Å². The SMILES string of the molecule is CCCCCc1cc2c(c(O)c1Cc1ccccc1)C=CC(C)(CCC=C(C)C)O2. The Hall–Kier alpha value is -2.48. The van der Waals surface area contributed by atoms with Gasteiger partial charge in [0, 0.05) is 12.0 Å². The van der Waals surface area contributed by atoms with E-state index in [1.54, 1.807) is 0 Å². The summed E-state index contributed by atoms with van der Waals surface area (Å²) in [6.45, 7) is 8.62. The van der Waals surface area contributed by atoms with E-state index in [9.17, 15) is 5.11 Å². The molecule has 1 unspecified atom stereocenters. The third-order valence-electron chi connectivity index (χ3n) is 5.91. The fourth-order valence-corrected chi connectivity index (χ4v) is 4.11. The van der Waals surface area contributed by atoms with Crippen LogP contribution < -0.4 is 4.74 Å². The molecule has 0 fully saturated rings. The molecule has 0 aromatic heterocycles. The largest absolute Gasteiger partial charge is 0.507 e. The van der Waals surface area contributed by atoms with Gasteiger partial charge in [-0.15, -0.1) is 0 Å². The van der Waals surface area contributed by atoms with Gasteiger partial charge < -0.3 is 9.84 Å². The third kappa shape index (κ3) is 5.56. The van der Waals surface area contributed by atoms with Crippen molar-refractivity contribution in [1.82, 2.24) is 0 Å². The van der Waals surface area contributed by atoms with Gasteiger partial charge in [-0.1, -0.05) is 61.7 Å². The molecule has 2 heteroatoms. The number of phenols is 1. The molecule has 2 aromatic rings. The molecular formula is C28H36O2. The number of hydrogen-bond acceptors (Lipinski definition) is 2. The van der Waals surface area contributed by atoms with Gasteiger partial charge in [0.05, 0.1) is 5.56 Å². The number of unbranched alkanes of at least 4 members (excludes halogenated alkanes) is 2. The molecule has 3 rings (SSSR count). The molecule has 0 amide bonds. The predicted molar refractivity (Wildman–Crippen MR) is 127 cm³/mol. The van der Waals surface area contributed by atoms with Gasteiger partial charge in [-0.2, -0.15) is 0 Å². The van der Waals surface area contributed by atoms with Crippen LogP contribution in [0.4, 0.5) is 0 Å². The van der Waals surface area contributed by atoms with E-state index in [0.29, 0.717) is 5.75 Å². The van der Waals surface area contributed by atoms with Crippen LogP contribution in [0.25, 0.3) is 6.08 Å². The van der Waals surface area contributed by atoms with Gasteiger partial charge in [0.25, 0.3) is 0 Å². The van der Waals surface area contributed by atoms with Crippen molar-refractivity contribution in [3.8, 4) is 11.5 Å². The quantitative estimate of drug-likeness (QED) is 0.344. The molecule has 1 N–H and O–H groups in total. The summed E-state index contributed by atoms with van der Waals surface area (Å²) >= 11 is 0. The van der Waals surface area contributed by atoms with Crippen molar-refractivity contribution in [2.24, 2.45) is 0 Å². The maximum Gasteiger partial charge on any atom is 0.131 e. The van der Waals surface area contributed by atoms with Gasteiger partial charge in [-0.25, -0.2) is 0 Å². The summed E-state index contributed by atoms with van der Waals surface area (Å²) in [7, 11) is 0. The highest BCUT2D eigenvalue weighted by Crippen LogP contribution is 2.42. The minimum atomic E-state index is -0.340. The number of benzene rings is 2. The summed E-state index contributed by atoms with van der Waals surface area (Å²) < 4.78 is 6.46. The fourth-order valence-electron chi connectivity index (χ4n) is 4.11. The van der Waals surface area contributed by atoms with Gasteiger partial charge >= 0.3 is 0 Å². The van der Waals surface area contributed by atoms with Gasteiger partial charge in [0.2, 0.25) is 0 Å². The van der Waals surface area contributed by atoms with Crippen molar-refractivity contribution in [3.63, 3.8) is 0 Å². The second-order valence-electron chi connectivity index (χ2n) is 8.96. The second kappa shape index (κ2) is 10.0. The van der Waals surface area contributed by atoms with Crippen LogP contribution in [0, 0.1) is 0 Å². The summed E-state index contributed by atoms with van der Waals surface area (Å²) in [4.78, 5) is 0. The molecule has 0 saturated heterocycles. The average molecular weight is 405 g/mol. The smallest absolute Gasteiger partial charge is 0.131 e. The number of phenolic OH excluding ortho intramolecular Hbond substituents is 1. The molecule has 2 nitrogen and oxygen atoms in total. The van der Waals surface area contributed by atoms with E-state index in [-0.39, 0.29) is 5.60 Å². The monoisotopic (exact) mass is 404 g/mol. The Morgan fingerprint density at radius 1 is 1.13 bits per heavy atom. The van der Waals surface area contributed by atoms with Crippen LogP contribution in [0.15, 0.2) is 54.1 Å². The highest BCUT2D eigenvalue weighted by Gasteiger charge is 2.29. The first-order valence-corrected chi connectivity index (χ1v) is 11.3. The van der Waals surface area contributed by atoms with Crippen LogP contribution >= 0.6 is 0 Å². The number of rotatable bonds is 9. The molecule has 0 bridgehead atoms.